The molecule has 1 aliphatic rings. The Morgan fingerprint density at radius 2 is 1.50 bits per heavy atom. The van der Waals surface area contributed by atoms with Crippen molar-refractivity contribution in [2.45, 2.75) is 20.8 Å². The van der Waals surface area contributed by atoms with Gasteiger partial charge in [-0.15, -0.1) is 0 Å². The van der Waals surface area contributed by atoms with E-state index >= 15 is 0 Å². The van der Waals surface area contributed by atoms with Crippen LogP contribution in [0.15, 0.2) is 24.3 Å². The number of anilines is 1. The second-order valence-electron chi connectivity index (χ2n) is 5.24. The highest BCUT2D eigenvalue weighted by atomic mass is 35.5. The molecule has 1 aromatic rings. The largest absolute Gasteiger partial charge is 1.00 e. The van der Waals surface area contributed by atoms with Crippen LogP contribution in [-0.4, -0.2) is 43.8 Å². The minimum atomic E-state index is 0. The Kier molecular flexibility index (Phi) is 5.48. The van der Waals surface area contributed by atoms with E-state index in [4.69, 9.17) is 0 Å². The van der Waals surface area contributed by atoms with E-state index in [-0.39, 0.29) is 12.4 Å². The standard InChI is InChI=1S/C15H25N2.ClH/c1-4-17(5-2)12-10-16(11-13-17)15-8-6-14(3)7-9-15;/h6-9H,4-5,10-13H2,1-3H3;1H/q+1;/p-1. The summed E-state index contributed by atoms with van der Waals surface area (Å²) in [4.78, 5) is 2.53. The molecule has 0 bridgehead atoms. The molecule has 18 heavy (non-hydrogen) atoms. The quantitative estimate of drug-likeness (QED) is 0.679. The molecule has 2 rings (SSSR count). The van der Waals surface area contributed by atoms with E-state index in [1.54, 1.807) is 0 Å². The summed E-state index contributed by atoms with van der Waals surface area (Å²) in [5.41, 5.74) is 2.73. The van der Waals surface area contributed by atoms with Crippen molar-refractivity contribution in [3.05, 3.63) is 29.8 Å². The van der Waals surface area contributed by atoms with Crippen LogP contribution in [0.4, 0.5) is 5.69 Å². The van der Waals surface area contributed by atoms with Gasteiger partial charge in [-0.3, -0.25) is 0 Å². The van der Waals surface area contributed by atoms with E-state index in [1.165, 1.54) is 55.0 Å². The second-order valence-corrected chi connectivity index (χ2v) is 5.24. The first kappa shape index (κ1) is 15.3. The predicted octanol–water partition coefficient (Wildman–Crippen LogP) is -0.324. The number of hydrogen-bond acceptors (Lipinski definition) is 1. The van der Waals surface area contributed by atoms with Gasteiger partial charge in [-0.05, 0) is 32.9 Å². The van der Waals surface area contributed by atoms with Gasteiger partial charge in [0, 0.05) is 5.69 Å². The number of piperazine rings is 1. The number of halogens is 1. The van der Waals surface area contributed by atoms with Crippen LogP contribution in [0.1, 0.15) is 19.4 Å². The Labute approximate surface area is 118 Å². The van der Waals surface area contributed by atoms with E-state index in [0.29, 0.717) is 0 Å². The van der Waals surface area contributed by atoms with E-state index in [1.807, 2.05) is 0 Å². The lowest BCUT2D eigenvalue weighted by Crippen LogP contribution is -3.00. The van der Waals surface area contributed by atoms with Gasteiger partial charge in [-0.1, -0.05) is 17.7 Å². The minimum Gasteiger partial charge on any atom is -1.00 e. The van der Waals surface area contributed by atoms with Crippen molar-refractivity contribution < 1.29 is 16.9 Å². The van der Waals surface area contributed by atoms with Gasteiger partial charge in [0.25, 0.3) is 0 Å². The fraction of sp³-hybridized carbons (Fsp3) is 0.600. The number of quaternary nitrogens is 1. The number of likely N-dealkylation sites (N-methyl/N-ethyl adjacent to an activating group) is 1. The van der Waals surface area contributed by atoms with Crippen molar-refractivity contribution in [1.82, 2.24) is 0 Å². The topological polar surface area (TPSA) is 3.24 Å². The fourth-order valence-corrected chi connectivity index (χ4v) is 2.76. The summed E-state index contributed by atoms with van der Waals surface area (Å²) in [5, 5.41) is 0. The maximum atomic E-state index is 2.53. The van der Waals surface area contributed by atoms with Crippen LogP contribution in [0.3, 0.4) is 0 Å². The van der Waals surface area contributed by atoms with Crippen LogP contribution in [0.5, 0.6) is 0 Å². The van der Waals surface area contributed by atoms with Gasteiger partial charge in [0.15, 0.2) is 0 Å². The highest BCUT2D eigenvalue weighted by Crippen LogP contribution is 2.20. The van der Waals surface area contributed by atoms with Crippen LogP contribution in [0, 0.1) is 6.92 Å². The number of hydrogen-bond donors (Lipinski definition) is 0. The van der Waals surface area contributed by atoms with Crippen LogP contribution >= 0.6 is 0 Å². The van der Waals surface area contributed by atoms with Crippen molar-refractivity contribution in [3.63, 3.8) is 0 Å². The summed E-state index contributed by atoms with van der Waals surface area (Å²) in [5.74, 6) is 0. The maximum Gasteiger partial charge on any atom is 0.0965 e. The van der Waals surface area contributed by atoms with Gasteiger partial charge in [-0.2, -0.15) is 0 Å². The highest BCUT2D eigenvalue weighted by Gasteiger charge is 2.29. The Morgan fingerprint density at radius 3 is 1.94 bits per heavy atom. The summed E-state index contributed by atoms with van der Waals surface area (Å²) >= 11 is 0. The summed E-state index contributed by atoms with van der Waals surface area (Å²) in [6.07, 6.45) is 0. The molecule has 1 aliphatic heterocycles. The van der Waals surface area contributed by atoms with Gasteiger partial charge in [0.2, 0.25) is 0 Å². The van der Waals surface area contributed by atoms with Gasteiger partial charge in [-0.25, -0.2) is 0 Å². The molecule has 0 spiro atoms. The van der Waals surface area contributed by atoms with Crippen LogP contribution in [0.2, 0.25) is 0 Å². The summed E-state index contributed by atoms with van der Waals surface area (Å²) in [7, 11) is 0. The smallest absolute Gasteiger partial charge is 0.0965 e. The molecule has 0 amide bonds. The average molecular weight is 269 g/mol. The van der Waals surface area contributed by atoms with Crippen molar-refractivity contribution in [1.29, 1.82) is 0 Å². The molecule has 1 saturated heterocycles. The Morgan fingerprint density at radius 1 is 1.00 bits per heavy atom. The minimum absolute atomic E-state index is 0. The van der Waals surface area contributed by atoms with E-state index in [9.17, 15) is 0 Å². The van der Waals surface area contributed by atoms with E-state index < -0.39 is 0 Å². The van der Waals surface area contributed by atoms with E-state index in [0.717, 1.165) is 0 Å². The van der Waals surface area contributed by atoms with Gasteiger partial charge >= 0.3 is 0 Å². The molecule has 0 atom stereocenters. The first-order valence-electron chi connectivity index (χ1n) is 6.86. The SMILES string of the molecule is CC[N+]1(CC)CCN(c2ccc(C)cc2)CC1.[Cl-]. The number of benzene rings is 1. The summed E-state index contributed by atoms with van der Waals surface area (Å²) in [6.45, 7) is 14.3. The molecule has 0 saturated carbocycles. The molecule has 3 heteroatoms. The summed E-state index contributed by atoms with van der Waals surface area (Å²) < 4.78 is 1.29. The zero-order chi connectivity index (χ0) is 12.3. The van der Waals surface area contributed by atoms with Crippen LogP contribution in [0.25, 0.3) is 0 Å². The predicted molar refractivity (Wildman–Crippen MR) is 74.5 cm³/mol. The average Bonchev–Trinajstić information content (AvgIpc) is 2.40. The molecular formula is C15H25ClN2. The van der Waals surface area contributed by atoms with Crippen molar-refractivity contribution >= 4 is 5.69 Å². The zero-order valence-corrected chi connectivity index (χ0v) is 12.6. The monoisotopic (exact) mass is 268 g/mol. The maximum absolute atomic E-state index is 2.53. The molecule has 1 aromatic carbocycles. The fourth-order valence-electron chi connectivity index (χ4n) is 2.76. The third kappa shape index (κ3) is 3.18. The molecule has 0 N–H and O–H groups in total. The molecule has 2 nitrogen and oxygen atoms in total. The van der Waals surface area contributed by atoms with Crippen molar-refractivity contribution in [3.8, 4) is 0 Å². The van der Waals surface area contributed by atoms with Crippen LogP contribution in [-0.2, 0) is 0 Å². The van der Waals surface area contributed by atoms with Crippen LogP contribution < -0.4 is 17.3 Å². The van der Waals surface area contributed by atoms with Gasteiger partial charge in [0.05, 0.1) is 39.3 Å². The molecule has 0 unspecified atom stereocenters. The first-order chi connectivity index (χ1) is 8.19. The molecule has 0 radical (unpaired) electrons. The Balaban J connectivity index is 0.00000162. The third-order valence-electron chi connectivity index (χ3n) is 4.43. The molecule has 1 heterocycles. The summed E-state index contributed by atoms with van der Waals surface area (Å²) in [6, 6.07) is 8.94. The highest BCUT2D eigenvalue weighted by molar-refractivity contribution is 5.47. The molecule has 0 aromatic heterocycles. The molecule has 102 valence electrons. The van der Waals surface area contributed by atoms with Gasteiger partial charge in [0.1, 0.15) is 0 Å². The lowest BCUT2D eigenvalue weighted by atomic mass is 10.1. The zero-order valence-electron chi connectivity index (χ0n) is 11.8. The lowest BCUT2D eigenvalue weighted by molar-refractivity contribution is -0.925. The normalized spacial score (nSPS) is 18.3. The molecule has 1 fully saturated rings. The Hall–Kier alpha value is -0.730. The number of aryl methyl sites for hydroxylation is 1. The first-order valence-corrected chi connectivity index (χ1v) is 6.86. The number of rotatable bonds is 3. The Bertz CT molecular complexity index is 347. The lowest BCUT2D eigenvalue weighted by Gasteiger charge is -2.44. The number of nitrogens with zero attached hydrogens (tertiary/aromatic N) is 2. The van der Waals surface area contributed by atoms with Crippen molar-refractivity contribution in [2.75, 3.05) is 44.2 Å². The van der Waals surface area contributed by atoms with E-state index in [2.05, 4.69) is 49.9 Å². The van der Waals surface area contributed by atoms with Crippen molar-refractivity contribution in [2.24, 2.45) is 0 Å². The third-order valence-corrected chi connectivity index (χ3v) is 4.43. The van der Waals surface area contributed by atoms with Gasteiger partial charge < -0.3 is 21.8 Å². The molecule has 0 aliphatic carbocycles. The second kappa shape index (κ2) is 6.44. The molecular weight excluding hydrogens is 244 g/mol.